The summed E-state index contributed by atoms with van der Waals surface area (Å²) in [6.07, 6.45) is 14.3. The summed E-state index contributed by atoms with van der Waals surface area (Å²) in [4.78, 5) is 5.26. The molecule has 0 amide bonds. The van der Waals surface area contributed by atoms with Crippen molar-refractivity contribution >= 4 is 12.2 Å². The predicted molar refractivity (Wildman–Crippen MR) is 120 cm³/mol. The Balaban J connectivity index is 1.36. The molecule has 4 aliphatic carbocycles. The Bertz CT molecular complexity index is 655. The number of hydrogen-bond acceptors (Lipinski definition) is 4. The normalized spacial score (nSPS) is 45.4. The van der Waals surface area contributed by atoms with E-state index in [4.69, 9.17) is 16.0 Å². The Morgan fingerprint density at radius 1 is 1.23 bits per heavy atom. The van der Waals surface area contributed by atoms with Gasteiger partial charge in [-0.15, -0.1) is 0 Å². The number of nitrogens with two attached hydrogens (primary N) is 1. The number of nitrogens with one attached hydrogen (secondary N) is 2. The molecule has 1 unspecified atom stereocenters. The van der Waals surface area contributed by atoms with E-state index in [1.54, 1.807) is 0 Å². The van der Waals surface area contributed by atoms with Crippen molar-refractivity contribution < 1.29 is 9.94 Å². The summed E-state index contributed by atoms with van der Waals surface area (Å²) < 4.78 is 0. The molecule has 8 atom stereocenters. The molecule has 170 valence electrons. The number of aliphatic hydroxyl groups is 1. The molecule has 0 spiro atoms. The van der Waals surface area contributed by atoms with Crippen LogP contribution < -0.4 is 11.1 Å². The van der Waals surface area contributed by atoms with E-state index in [9.17, 15) is 5.11 Å². The van der Waals surface area contributed by atoms with Gasteiger partial charge in [-0.05, 0) is 98.2 Å². The molecular weight excluding hydrogens is 376 g/mol. The minimum Gasteiger partial charge on any atom is -0.394 e. The molecule has 30 heavy (non-hydrogen) atoms. The summed E-state index contributed by atoms with van der Waals surface area (Å²) in [6, 6.07) is 0. The first-order valence-electron chi connectivity index (χ1n) is 12.2. The van der Waals surface area contributed by atoms with Gasteiger partial charge in [0.1, 0.15) is 6.61 Å². The van der Waals surface area contributed by atoms with Gasteiger partial charge in [-0.25, -0.2) is 0 Å². The summed E-state index contributed by atoms with van der Waals surface area (Å²) in [7, 11) is 0. The maximum absolute atomic E-state index is 10.9. The molecule has 4 saturated carbocycles. The van der Waals surface area contributed by atoms with Crippen molar-refractivity contribution in [1.82, 2.24) is 5.32 Å². The molecule has 0 saturated heterocycles. The van der Waals surface area contributed by atoms with Gasteiger partial charge in [0, 0.05) is 6.21 Å². The third-order valence-corrected chi connectivity index (χ3v) is 9.68. The molecule has 6 heteroatoms. The average Bonchev–Trinajstić information content (AvgIpc) is 3.09. The fourth-order valence-electron chi connectivity index (χ4n) is 8.17. The highest BCUT2D eigenvalue weighted by Gasteiger charge is 2.58. The lowest BCUT2D eigenvalue weighted by Crippen LogP contribution is -2.55. The van der Waals surface area contributed by atoms with Gasteiger partial charge in [0.2, 0.25) is 0 Å². The van der Waals surface area contributed by atoms with Crippen LogP contribution in [0.15, 0.2) is 5.16 Å². The highest BCUT2D eigenvalue weighted by Crippen LogP contribution is 2.66. The van der Waals surface area contributed by atoms with Crippen LogP contribution in [-0.4, -0.2) is 36.5 Å². The Morgan fingerprint density at radius 2 is 2.07 bits per heavy atom. The monoisotopic (exact) mass is 418 g/mol. The van der Waals surface area contributed by atoms with Gasteiger partial charge >= 0.3 is 0 Å². The number of guanidine groups is 1. The SMILES string of the molecule is C[C@@]12CCC[C@H]1[C@@H]1CC[C@@H]3C[C@@H](O)C(CC=NOCCNC(=N)N)C[C@]3(C)[C@H]1CC2. The molecule has 0 aliphatic heterocycles. The minimum absolute atomic E-state index is 0.0536. The summed E-state index contributed by atoms with van der Waals surface area (Å²) in [5.74, 6) is 3.61. The van der Waals surface area contributed by atoms with Crippen LogP contribution in [0, 0.1) is 45.8 Å². The molecule has 6 nitrogen and oxygen atoms in total. The second-order valence-electron chi connectivity index (χ2n) is 11.2. The fraction of sp³-hybridized carbons (Fsp3) is 0.917. The molecular formula is C24H42N4O2. The van der Waals surface area contributed by atoms with Gasteiger partial charge in [0.25, 0.3) is 0 Å². The molecule has 0 radical (unpaired) electrons. The van der Waals surface area contributed by atoms with Crippen molar-refractivity contribution in [3.63, 3.8) is 0 Å². The van der Waals surface area contributed by atoms with Gasteiger partial charge in [0.05, 0.1) is 12.6 Å². The topological polar surface area (TPSA) is 104 Å². The number of nitrogens with zero attached hydrogens (tertiary/aromatic N) is 1. The molecule has 4 fully saturated rings. The first-order valence-corrected chi connectivity index (χ1v) is 12.2. The Labute approximate surface area is 181 Å². The van der Waals surface area contributed by atoms with Crippen LogP contribution in [0.2, 0.25) is 0 Å². The highest BCUT2D eigenvalue weighted by atomic mass is 16.6. The molecule has 0 heterocycles. The van der Waals surface area contributed by atoms with Crippen LogP contribution >= 0.6 is 0 Å². The lowest BCUT2D eigenvalue weighted by Gasteiger charge is -2.61. The van der Waals surface area contributed by atoms with E-state index in [0.717, 1.165) is 37.0 Å². The van der Waals surface area contributed by atoms with Crippen LogP contribution in [0.25, 0.3) is 0 Å². The van der Waals surface area contributed by atoms with E-state index in [1.807, 2.05) is 6.21 Å². The number of hydrogen-bond donors (Lipinski definition) is 4. The van der Waals surface area contributed by atoms with Crippen LogP contribution in [-0.2, 0) is 4.84 Å². The van der Waals surface area contributed by atoms with E-state index < -0.39 is 0 Å². The first-order chi connectivity index (χ1) is 14.3. The number of fused-ring (bicyclic) bond motifs is 5. The van der Waals surface area contributed by atoms with E-state index >= 15 is 0 Å². The third-order valence-electron chi connectivity index (χ3n) is 9.68. The van der Waals surface area contributed by atoms with Crippen molar-refractivity contribution in [1.29, 1.82) is 5.41 Å². The minimum atomic E-state index is -0.217. The van der Waals surface area contributed by atoms with Crippen molar-refractivity contribution in [2.45, 2.75) is 84.2 Å². The fourth-order valence-corrected chi connectivity index (χ4v) is 8.17. The zero-order valence-corrected chi connectivity index (χ0v) is 18.9. The summed E-state index contributed by atoms with van der Waals surface area (Å²) in [5, 5.41) is 24.7. The van der Waals surface area contributed by atoms with Crippen LogP contribution in [0.5, 0.6) is 0 Å². The first kappa shape index (κ1) is 21.9. The number of aliphatic hydroxyl groups excluding tert-OH is 1. The maximum Gasteiger partial charge on any atom is 0.185 e. The Morgan fingerprint density at radius 3 is 2.87 bits per heavy atom. The molecule has 0 aromatic rings. The van der Waals surface area contributed by atoms with Crippen molar-refractivity contribution in [2.24, 2.45) is 51.3 Å². The van der Waals surface area contributed by atoms with E-state index in [2.05, 4.69) is 24.3 Å². The molecule has 5 N–H and O–H groups in total. The van der Waals surface area contributed by atoms with Crippen molar-refractivity contribution in [2.75, 3.05) is 13.2 Å². The second kappa shape index (κ2) is 8.68. The van der Waals surface area contributed by atoms with Crippen molar-refractivity contribution in [3.05, 3.63) is 0 Å². The van der Waals surface area contributed by atoms with E-state index in [1.165, 1.54) is 44.9 Å². The lowest BCUT2D eigenvalue weighted by atomic mass is 9.44. The summed E-state index contributed by atoms with van der Waals surface area (Å²) in [5.41, 5.74) is 6.23. The van der Waals surface area contributed by atoms with Crippen LogP contribution in [0.4, 0.5) is 0 Å². The van der Waals surface area contributed by atoms with Gasteiger partial charge in [-0.2, -0.15) is 0 Å². The van der Waals surface area contributed by atoms with Gasteiger partial charge < -0.3 is 21.0 Å². The van der Waals surface area contributed by atoms with Gasteiger partial charge in [0.15, 0.2) is 5.96 Å². The number of oxime groups is 1. The molecule has 4 aliphatic rings. The summed E-state index contributed by atoms with van der Waals surface area (Å²) >= 11 is 0. The lowest BCUT2D eigenvalue weighted by molar-refractivity contribution is -0.137. The zero-order chi connectivity index (χ0) is 21.4. The molecule has 0 aromatic heterocycles. The standard InChI is InChI=1S/C24H42N4O2/c1-23-9-3-4-19(23)18-6-5-17-14-21(29)16(15-24(17,2)20(18)7-10-23)8-11-28-30-13-12-27-22(25)26/h11,16-21,29H,3-10,12-15H2,1-2H3,(H4,25,26,27)/t16?,17-,18+,19+,20+,21-,23+,24+/m1/s1. The predicted octanol–water partition coefficient (Wildman–Crippen LogP) is 3.88. The Hall–Kier alpha value is -1.30. The van der Waals surface area contributed by atoms with E-state index in [0.29, 0.717) is 29.9 Å². The number of rotatable bonds is 6. The molecule has 0 bridgehead atoms. The van der Waals surface area contributed by atoms with Crippen LogP contribution in [0.3, 0.4) is 0 Å². The van der Waals surface area contributed by atoms with Gasteiger partial charge in [-0.1, -0.05) is 25.4 Å². The molecule has 4 rings (SSSR count). The molecule has 0 aromatic carbocycles. The highest BCUT2D eigenvalue weighted by molar-refractivity contribution is 5.74. The Kier molecular flexibility index (Phi) is 6.34. The van der Waals surface area contributed by atoms with Gasteiger partial charge in [-0.3, -0.25) is 5.41 Å². The van der Waals surface area contributed by atoms with Crippen molar-refractivity contribution in [3.8, 4) is 0 Å². The summed E-state index contributed by atoms with van der Waals surface area (Å²) in [6.45, 7) is 5.99. The average molecular weight is 419 g/mol. The van der Waals surface area contributed by atoms with E-state index in [-0.39, 0.29) is 18.0 Å². The zero-order valence-electron chi connectivity index (χ0n) is 18.9. The largest absolute Gasteiger partial charge is 0.394 e. The second-order valence-corrected chi connectivity index (χ2v) is 11.2. The third kappa shape index (κ3) is 4.09. The van der Waals surface area contributed by atoms with Crippen LogP contribution in [0.1, 0.15) is 78.1 Å². The maximum atomic E-state index is 10.9. The smallest absolute Gasteiger partial charge is 0.185 e. The quantitative estimate of drug-likeness (QED) is 0.227.